The van der Waals surface area contributed by atoms with Crippen molar-refractivity contribution in [2.45, 2.75) is 0 Å². The predicted octanol–water partition coefficient (Wildman–Crippen LogP) is 3.24. The number of nitrogens with zero attached hydrogens (tertiary/aromatic N) is 4. The second-order valence-corrected chi connectivity index (χ2v) is 4.70. The van der Waals surface area contributed by atoms with E-state index >= 15 is 0 Å². The minimum atomic E-state index is 0.848. The smallest absolute Gasteiger partial charge is 0.204 e. The zero-order chi connectivity index (χ0) is 14.4. The molecule has 102 valence electrons. The maximum atomic E-state index is 4.10. The van der Waals surface area contributed by atoms with Crippen molar-refractivity contribution < 1.29 is 4.57 Å². The highest BCUT2D eigenvalue weighted by molar-refractivity contribution is 5.67. The molecular weight excluding hydrogens is 248 g/mol. The summed E-state index contributed by atoms with van der Waals surface area (Å²) in [5.74, 6) is 0. The van der Waals surface area contributed by atoms with Crippen molar-refractivity contribution >= 4 is 17.8 Å². The number of hydrogen-bond donors (Lipinski definition) is 0. The van der Waals surface area contributed by atoms with E-state index in [-0.39, 0.29) is 0 Å². The normalized spacial score (nSPS) is 11.3. The van der Waals surface area contributed by atoms with Crippen molar-refractivity contribution in [3.63, 3.8) is 0 Å². The Bertz CT molecular complexity index is 613. The first kappa shape index (κ1) is 13.9. The van der Waals surface area contributed by atoms with Crippen LogP contribution in [0.2, 0.25) is 0 Å². The van der Waals surface area contributed by atoms with E-state index in [9.17, 15) is 0 Å². The van der Waals surface area contributed by atoms with Crippen LogP contribution in [0.1, 0.15) is 11.3 Å². The fourth-order valence-electron chi connectivity index (χ4n) is 1.68. The van der Waals surface area contributed by atoms with Gasteiger partial charge in [-0.2, -0.15) is 0 Å². The van der Waals surface area contributed by atoms with E-state index in [1.807, 2.05) is 63.7 Å². The summed E-state index contributed by atoms with van der Waals surface area (Å²) in [6, 6.07) is 14.1. The van der Waals surface area contributed by atoms with E-state index in [2.05, 4.69) is 33.1 Å². The summed E-state index contributed by atoms with van der Waals surface area (Å²) < 4.78 is 2.08. The summed E-state index contributed by atoms with van der Waals surface area (Å²) >= 11 is 0. The number of aromatic nitrogens is 1. The van der Waals surface area contributed by atoms with Crippen LogP contribution in [0.3, 0.4) is 0 Å². The fraction of sp³-hybridized carbons (Fsp3) is 0.188. The lowest BCUT2D eigenvalue weighted by Crippen LogP contribution is -2.30. The molecule has 4 nitrogen and oxygen atoms in total. The zero-order valence-corrected chi connectivity index (χ0v) is 12.1. The molecule has 1 aromatic heterocycles. The maximum Gasteiger partial charge on any atom is 0.204 e. The molecule has 2 rings (SSSR count). The molecule has 0 unspecified atom stereocenters. The lowest BCUT2D eigenvalue weighted by molar-refractivity contribution is -0.673. The summed E-state index contributed by atoms with van der Waals surface area (Å²) in [6.07, 6.45) is 6.21. The molecule has 0 aliphatic heterocycles. The van der Waals surface area contributed by atoms with Gasteiger partial charge in [-0.05, 0) is 29.8 Å². The molecule has 0 bridgehead atoms. The van der Waals surface area contributed by atoms with Crippen LogP contribution in [0.25, 0.3) is 12.2 Å². The first-order valence-corrected chi connectivity index (χ1v) is 6.47. The van der Waals surface area contributed by atoms with Crippen LogP contribution in [0.5, 0.6) is 0 Å². The Hall–Kier alpha value is -2.49. The van der Waals surface area contributed by atoms with Crippen molar-refractivity contribution in [1.82, 2.24) is 5.01 Å². The van der Waals surface area contributed by atoms with Gasteiger partial charge in [-0.25, -0.2) is 4.57 Å². The average Bonchev–Trinajstić information content (AvgIpc) is 2.45. The highest BCUT2D eigenvalue weighted by Crippen LogP contribution is 2.15. The highest BCUT2D eigenvalue weighted by Gasteiger charge is 1.98. The van der Waals surface area contributed by atoms with Crippen LogP contribution in [-0.4, -0.2) is 19.1 Å². The topological polar surface area (TPSA) is 31.8 Å². The summed E-state index contributed by atoms with van der Waals surface area (Å²) in [5.41, 5.74) is 3.14. The van der Waals surface area contributed by atoms with Crippen LogP contribution in [-0.2, 0) is 7.05 Å². The summed E-state index contributed by atoms with van der Waals surface area (Å²) in [5, 5.41) is 9.74. The van der Waals surface area contributed by atoms with Crippen molar-refractivity contribution in [2.24, 2.45) is 17.4 Å². The Kier molecular flexibility index (Phi) is 4.60. The quantitative estimate of drug-likeness (QED) is 0.475. The third-order valence-electron chi connectivity index (χ3n) is 2.77. The van der Waals surface area contributed by atoms with E-state index in [4.69, 9.17) is 0 Å². The minimum absolute atomic E-state index is 0.848. The van der Waals surface area contributed by atoms with Gasteiger partial charge < -0.3 is 0 Å². The first-order valence-electron chi connectivity index (χ1n) is 6.47. The predicted molar refractivity (Wildman–Crippen MR) is 81.2 cm³/mol. The summed E-state index contributed by atoms with van der Waals surface area (Å²) in [6.45, 7) is 0. The van der Waals surface area contributed by atoms with Gasteiger partial charge in [0.1, 0.15) is 7.05 Å². The van der Waals surface area contributed by atoms with Gasteiger partial charge in [0.2, 0.25) is 5.69 Å². The van der Waals surface area contributed by atoms with Crippen molar-refractivity contribution in [1.29, 1.82) is 0 Å². The van der Waals surface area contributed by atoms with Gasteiger partial charge in [0.25, 0.3) is 0 Å². The van der Waals surface area contributed by atoms with Gasteiger partial charge in [0.15, 0.2) is 6.20 Å². The number of pyridine rings is 1. The van der Waals surface area contributed by atoms with Crippen LogP contribution in [0.15, 0.2) is 59.0 Å². The van der Waals surface area contributed by atoms with E-state index < -0.39 is 0 Å². The Morgan fingerprint density at radius 1 is 1.00 bits per heavy atom. The van der Waals surface area contributed by atoms with Gasteiger partial charge in [0, 0.05) is 32.3 Å². The van der Waals surface area contributed by atoms with Crippen molar-refractivity contribution in [3.8, 4) is 0 Å². The van der Waals surface area contributed by atoms with Crippen LogP contribution in [0, 0.1) is 0 Å². The molecule has 0 aliphatic rings. The molecule has 0 atom stereocenters. The lowest BCUT2D eigenvalue weighted by atomic mass is 10.2. The van der Waals surface area contributed by atoms with Crippen molar-refractivity contribution in [2.75, 3.05) is 14.1 Å². The number of benzene rings is 1. The van der Waals surface area contributed by atoms with Crippen LogP contribution in [0.4, 0.5) is 5.69 Å². The Morgan fingerprint density at radius 2 is 1.75 bits per heavy atom. The first-order chi connectivity index (χ1) is 9.65. The summed E-state index contributed by atoms with van der Waals surface area (Å²) in [4.78, 5) is 0. The number of hydrogen-bond acceptors (Lipinski definition) is 2. The summed E-state index contributed by atoms with van der Waals surface area (Å²) in [7, 11) is 5.73. The van der Waals surface area contributed by atoms with Crippen LogP contribution >= 0.6 is 0 Å². The molecule has 0 amide bonds. The van der Waals surface area contributed by atoms with E-state index in [0.29, 0.717) is 0 Å². The molecule has 0 saturated carbocycles. The average molecular weight is 267 g/mol. The minimum Gasteiger partial charge on any atom is -0.285 e. The third-order valence-corrected chi connectivity index (χ3v) is 2.77. The molecule has 0 aliphatic carbocycles. The zero-order valence-electron chi connectivity index (χ0n) is 12.1. The second-order valence-electron chi connectivity index (χ2n) is 4.70. The lowest BCUT2D eigenvalue weighted by Gasteiger charge is -2.00. The van der Waals surface area contributed by atoms with Gasteiger partial charge in [-0.1, -0.05) is 17.4 Å². The molecule has 20 heavy (non-hydrogen) atoms. The molecule has 0 saturated heterocycles. The van der Waals surface area contributed by atoms with Gasteiger partial charge in [-0.15, -0.1) is 5.11 Å². The second kappa shape index (κ2) is 6.61. The molecule has 0 fully saturated rings. The molecule has 1 heterocycles. The van der Waals surface area contributed by atoms with E-state index in [1.54, 1.807) is 5.01 Å². The van der Waals surface area contributed by atoms with Gasteiger partial charge in [-0.3, -0.25) is 5.01 Å². The molecule has 1 aromatic carbocycles. The number of aryl methyl sites for hydroxylation is 1. The molecule has 0 spiro atoms. The monoisotopic (exact) mass is 267 g/mol. The van der Waals surface area contributed by atoms with Gasteiger partial charge in [0.05, 0.1) is 5.69 Å². The van der Waals surface area contributed by atoms with E-state index in [1.165, 1.54) is 0 Å². The van der Waals surface area contributed by atoms with Crippen LogP contribution < -0.4 is 4.57 Å². The largest absolute Gasteiger partial charge is 0.285 e. The third kappa shape index (κ3) is 4.02. The van der Waals surface area contributed by atoms with E-state index in [0.717, 1.165) is 16.9 Å². The Labute approximate surface area is 119 Å². The Balaban J connectivity index is 2.09. The highest BCUT2D eigenvalue weighted by atomic mass is 15.5. The molecular formula is C16H19N4+. The standard InChI is InChI=1S/C16H19N4/c1-19(2)18-17-15-10-7-14(8-11-15)9-12-16-6-4-5-13-20(16)3/h4-13H,1-3H3/q+1. The Morgan fingerprint density at radius 3 is 2.40 bits per heavy atom. The maximum absolute atomic E-state index is 4.10. The number of rotatable bonds is 4. The molecule has 0 radical (unpaired) electrons. The van der Waals surface area contributed by atoms with Gasteiger partial charge >= 0.3 is 0 Å². The SMILES string of the molecule is CN(C)/N=N\c1ccc(/C=C/c2cccc[n+]2C)cc1. The van der Waals surface area contributed by atoms with Crippen molar-refractivity contribution in [3.05, 3.63) is 59.9 Å². The molecule has 0 N–H and O–H groups in total. The molecule has 4 heteroatoms. The fourth-order valence-corrected chi connectivity index (χ4v) is 1.68. The molecule has 2 aromatic rings.